The van der Waals surface area contributed by atoms with E-state index < -0.39 is 11.5 Å². The van der Waals surface area contributed by atoms with Crippen LogP contribution in [0, 0.1) is 5.92 Å². The van der Waals surface area contributed by atoms with E-state index in [0.717, 1.165) is 12.8 Å². The molecule has 0 aromatic rings. The molecule has 0 aromatic carbocycles. The normalized spacial score (nSPS) is 17.9. The van der Waals surface area contributed by atoms with Crippen LogP contribution in [0.25, 0.3) is 0 Å². The average molecular weight is 291 g/mol. The molecular weight excluding hydrogens is 266 g/mol. The molecule has 7 nitrogen and oxygen atoms in total. The minimum Gasteiger partial charge on any atom is -0.480 e. The maximum Gasteiger partial charge on any atom is 0.326 e. The number of methoxy groups -OCH3 is 1. The van der Waals surface area contributed by atoms with Crippen molar-refractivity contribution in [3.8, 4) is 0 Å². The minimum atomic E-state index is -1.25. The summed E-state index contributed by atoms with van der Waals surface area (Å²) in [7, 11) is 1.62. The summed E-state index contributed by atoms with van der Waals surface area (Å²) in [4.78, 5) is 11.1. The molecule has 0 bridgehead atoms. The lowest BCUT2D eigenvalue weighted by Gasteiger charge is -2.24. The van der Waals surface area contributed by atoms with Gasteiger partial charge in [0.2, 0.25) is 0 Å². The molecule has 1 saturated carbocycles. The summed E-state index contributed by atoms with van der Waals surface area (Å²) < 4.78 is 20.6. The Kier molecular flexibility index (Phi) is 8.01. The molecule has 3 N–H and O–H groups in total. The van der Waals surface area contributed by atoms with E-state index in [9.17, 15) is 4.79 Å². The summed E-state index contributed by atoms with van der Waals surface area (Å²) in [5, 5.41) is 9.12. The van der Waals surface area contributed by atoms with Crippen LogP contribution in [0.15, 0.2) is 0 Å². The lowest BCUT2D eigenvalue weighted by molar-refractivity contribution is -0.147. The minimum absolute atomic E-state index is 0.0285. The van der Waals surface area contributed by atoms with Crippen LogP contribution in [0.4, 0.5) is 0 Å². The first-order valence-electron chi connectivity index (χ1n) is 6.85. The Hall–Kier alpha value is -0.730. The Bertz CT molecular complexity index is 284. The molecule has 20 heavy (non-hydrogen) atoms. The molecule has 0 heterocycles. The van der Waals surface area contributed by atoms with Crippen molar-refractivity contribution in [1.82, 2.24) is 0 Å². The van der Waals surface area contributed by atoms with Gasteiger partial charge in [-0.05, 0) is 18.8 Å². The molecule has 0 aliphatic heterocycles. The summed E-state index contributed by atoms with van der Waals surface area (Å²) >= 11 is 0. The molecule has 1 rings (SSSR count). The van der Waals surface area contributed by atoms with Gasteiger partial charge < -0.3 is 29.8 Å². The number of aliphatic carboxylic acids is 1. The van der Waals surface area contributed by atoms with Crippen molar-refractivity contribution in [3.05, 3.63) is 0 Å². The Balaban J connectivity index is 1.95. The highest BCUT2D eigenvalue weighted by molar-refractivity contribution is 5.79. The van der Waals surface area contributed by atoms with Crippen LogP contribution < -0.4 is 5.73 Å². The van der Waals surface area contributed by atoms with E-state index in [-0.39, 0.29) is 12.5 Å². The number of carboxylic acids is 1. The van der Waals surface area contributed by atoms with Gasteiger partial charge in [-0.25, -0.2) is 0 Å². The second kappa shape index (κ2) is 9.25. The van der Waals surface area contributed by atoms with Crippen molar-refractivity contribution in [2.24, 2.45) is 11.7 Å². The number of carboxylic acid groups (broad SMARTS) is 1. The summed E-state index contributed by atoms with van der Waals surface area (Å²) in [5.41, 5.74) is 4.61. The molecule has 118 valence electrons. The molecule has 0 aromatic heterocycles. The third-order valence-electron chi connectivity index (χ3n) is 3.22. The van der Waals surface area contributed by atoms with Crippen molar-refractivity contribution in [2.75, 3.05) is 53.4 Å². The third kappa shape index (κ3) is 6.15. The SMILES string of the molecule is COCCOCCOCCOCC(N)(C(=O)O)C1CC1. The van der Waals surface area contributed by atoms with Crippen molar-refractivity contribution in [1.29, 1.82) is 0 Å². The lowest BCUT2D eigenvalue weighted by atomic mass is 9.96. The summed E-state index contributed by atoms with van der Waals surface area (Å²) in [5.74, 6) is -0.956. The number of hydrogen-bond acceptors (Lipinski definition) is 6. The highest BCUT2D eigenvalue weighted by Gasteiger charge is 2.48. The van der Waals surface area contributed by atoms with Gasteiger partial charge in [-0.15, -0.1) is 0 Å². The summed E-state index contributed by atoms with van der Waals surface area (Å²) in [6.45, 7) is 2.85. The summed E-state index contributed by atoms with van der Waals surface area (Å²) in [6.07, 6.45) is 1.73. The van der Waals surface area contributed by atoms with Gasteiger partial charge in [-0.1, -0.05) is 0 Å². The smallest absolute Gasteiger partial charge is 0.326 e. The number of ether oxygens (including phenoxy) is 4. The van der Waals surface area contributed by atoms with Gasteiger partial charge >= 0.3 is 5.97 Å². The van der Waals surface area contributed by atoms with E-state index in [1.165, 1.54) is 0 Å². The van der Waals surface area contributed by atoms with E-state index in [1.807, 2.05) is 0 Å². The lowest BCUT2D eigenvalue weighted by Crippen LogP contribution is -2.54. The molecule has 7 heteroatoms. The molecule has 1 aliphatic rings. The van der Waals surface area contributed by atoms with Crippen molar-refractivity contribution < 1.29 is 28.8 Å². The second-order valence-electron chi connectivity index (χ2n) is 4.89. The van der Waals surface area contributed by atoms with Gasteiger partial charge in [0, 0.05) is 7.11 Å². The Morgan fingerprint density at radius 1 is 1.10 bits per heavy atom. The highest BCUT2D eigenvalue weighted by atomic mass is 16.6. The Morgan fingerprint density at radius 2 is 1.60 bits per heavy atom. The zero-order valence-corrected chi connectivity index (χ0v) is 12.0. The number of rotatable bonds is 13. The van der Waals surface area contributed by atoms with Crippen LogP contribution in [-0.2, 0) is 23.7 Å². The number of carbonyl (C=O) groups is 1. The van der Waals surface area contributed by atoms with Gasteiger partial charge in [-0.2, -0.15) is 0 Å². The quantitative estimate of drug-likeness (QED) is 0.456. The molecule has 1 unspecified atom stereocenters. The predicted octanol–water partition coefficient (Wildman–Crippen LogP) is -0.125. The standard InChI is InChI=1S/C13H25NO6/c1-17-4-5-18-6-7-19-8-9-20-10-13(14,12(15)16)11-2-3-11/h11H,2-10,14H2,1H3,(H,15,16). The first kappa shape index (κ1) is 17.3. The zero-order valence-electron chi connectivity index (χ0n) is 12.0. The van der Waals surface area contributed by atoms with Crippen molar-refractivity contribution in [2.45, 2.75) is 18.4 Å². The van der Waals surface area contributed by atoms with Crippen LogP contribution in [0.1, 0.15) is 12.8 Å². The van der Waals surface area contributed by atoms with Gasteiger partial charge in [0.15, 0.2) is 0 Å². The first-order chi connectivity index (χ1) is 9.61. The van der Waals surface area contributed by atoms with Gasteiger partial charge in [0.25, 0.3) is 0 Å². The molecule has 1 aliphatic carbocycles. The average Bonchev–Trinajstić information content (AvgIpc) is 3.25. The van der Waals surface area contributed by atoms with E-state index in [2.05, 4.69) is 0 Å². The van der Waals surface area contributed by atoms with E-state index >= 15 is 0 Å². The zero-order chi connectivity index (χ0) is 14.8. The fourth-order valence-corrected chi connectivity index (χ4v) is 1.78. The number of hydrogen-bond donors (Lipinski definition) is 2. The molecule has 0 radical (unpaired) electrons. The molecule has 0 saturated heterocycles. The fraction of sp³-hybridized carbons (Fsp3) is 0.923. The van der Waals surface area contributed by atoms with Crippen LogP contribution in [0.2, 0.25) is 0 Å². The summed E-state index contributed by atoms with van der Waals surface area (Å²) in [6, 6.07) is 0. The monoisotopic (exact) mass is 291 g/mol. The Morgan fingerprint density at radius 3 is 2.05 bits per heavy atom. The predicted molar refractivity (Wildman–Crippen MR) is 71.6 cm³/mol. The topological polar surface area (TPSA) is 100 Å². The number of nitrogens with two attached hydrogens (primary N) is 1. The van der Waals surface area contributed by atoms with Crippen LogP contribution in [0.5, 0.6) is 0 Å². The second-order valence-corrected chi connectivity index (χ2v) is 4.89. The van der Waals surface area contributed by atoms with E-state index in [0.29, 0.717) is 39.6 Å². The highest BCUT2D eigenvalue weighted by Crippen LogP contribution is 2.38. The first-order valence-corrected chi connectivity index (χ1v) is 6.85. The van der Waals surface area contributed by atoms with Gasteiger partial charge in [-0.3, -0.25) is 4.79 Å². The van der Waals surface area contributed by atoms with E-state index in [1.54, 1.807) is 7.11 Å². The van der Waals surface area contributed by atoms with Gasteiger partial charge in [0.05, 0.1) is 46.2 Å². The van der Waals surface area contributed by atoms with Crippen LogP contribution in [0.3, 0.4) is 0 Å². The molecule has 0 spiro atoms. The maximum absolute atomic E-state index is 11.1. The molecular formula is C13H25NO6. The van der Waals surface area contributed by atoms with Crippen LogP contribution in [-0.4, -0.2) is 70.0 Å². The molecule has 1 atom stereocenters. The van der Waals surface area contributed by atoms with Crippen molar-refractivity contribution in [3.63, 3.8) is 0 Å². The maximum atomic E-state index is 11.1. The van der Waals surface area contributed by atoms with Gasteiger partial charge in [0.1, 0.15) is 5.54 Å². The third-order valence-corrected chi connectivity index (χ3v) is 3.22. The molecule has 0 amide bonds. The largest absolute Gasteiger partial charge is 0.480 e. The van der Waals surface area contributed by atoms with Crippen LogP contribution >= 0.6 is 0 Å². The fourth-order valence-electron chi connectivity index (χ4n) is 1.78. The van der Waals surface area contributed by atoms with E-state index in [4.69, 9.17) is 29.8 Å². The Labute approximate surface area is 119 Å². The van der Waals surface area contributed by atoms with Crippen molar-refractivity contribution >= 4 is 5.97 Å². The molecule has 1 fully saturated rings.